The number of aromatic nitrogens is 3. The lowest BCUT2D eigenvalue weighted by atomic mass is 10.3. The maximum atomic E-state index is 11.6. The summed E-state index contributed by atoms with van der Waals surface area (Å²) in [6.07, 6.45) is 0. The summed E-state index contributed by atoms with van der Waals surface area (Å²) in [5, 5.41) is 14.4. The van der Waals surface area contributed by atoms with Crippen LogP contribution in [-0.4, -0.2) is 26.1 Å². The Kier molecular flexibility index (Phi) is 2.20. The Morgan fingerprint density at radius 3 is 2.81 bits per heavy atom. The van der Waals surface area contributed by atoms with Gasteiger partial charge in [-0.2, -0.15) is 0 Å². The highest BCUT2D eigenvalue weighted by Gasteiger charge is 2.15. The second-order valence-corrected chi connectivity index (χ2v) is 3.10. The van der Waals surface area contributed by atoms with Gasteiger partial charge in [-0.05, 0) is 18.2 Å². The smallest absolute Gasteiger partial charge is 0.362 e. The van der Waals surface area contributed by atoms with E-state index in [2.05, 4.69) is 10.3 Å². The van der Waals surface area contributed by atoms with E-state index in [9.17, 15) is 9.59 Å². The van der Waals surface area contributed by atoms with E-state index in [1.807, 2.05) is 0 Å². The fourth-order valence-corrected chi connectivity index (χ4v) is 1.28. The number of rotatable bonds is 2. The van der Waals surface area contributed by atoms with E-state index in [0.717, 1.165) is 4.68 Å². The summed E-state index contributed by atoms with van der Waals surface area (Å²) in [7, 11) is 0. The number of nitrogens with two attached hydrogens (primary N) is 1. The van der Waals surface area contributed by atoms with Gasteiger partial charge in [0.15, 0.2) is 0 Å². The third-order valence-corrected chi connectivity index (χ3v) is 2.00. The molecular formula is C9H8N4O3. The second-order valence-electron chi connectivity index (χ2n) is 3.10. The SMILES string of the molecule is Nc1cccc(-n2[nH]nc(C(=O)O)c2=O)c1. The number of hydrogen-bond acceptors (Lipinski definition) is 4. The number of aromatic amines is 1. The van der Waals surface area contributed by atoms with Crippen molar-refractivity contribution in [3.8, 4) is 5.69 Å². The van der Waals surface area contributed by atoms with E-state index in [0.29, 0.717) is 11.4 Å². The first-order valence-corrected chi connectivity index (χ1v) is 4.36. The van der Waals surface area contributed by atoms with E-state index >= 15 is 0 Å². The van der Waals surface area contributed by atoms with Crippen molar-refractivity contribution < 1.29 is 9.90 Å². The highest BCUT2D eigenvalue weighted by atomic mass is 16.4. The van der Waals surface area contributed by atoms with Gasteiger partial charge >= 0.3 is 11.5 Å². The van der Waals surface area contributed by atoms with E-state index in [1.54, 1.807) is 18.2 Å². The maximum Gasteiger partial charge on any atom is 0.362 e. The average molecular weight is 220 g/mol. The molecule has 0 unspecified atom stereocenters. The number of aromatic carboxylic acids is 1. The van der Waals surface area contributed by atoms with E-state index in [4.69, 9.17) is 10.8 Å². The van der Waals surface area contributed by atoms with Crippen molar-refractivity contribution in [3.63, 3.8) is 0 Å². The molecule has 0 saturated carbocycles. The third-order valence-electron chi connectivity index (χ3n) is 2.00. The standard InChI is InChI=1S/C9H8N4O3/c10-5-2-1-3-6(4-5)13-8(14)7(9(15)16)11-12-13/h1-4,12H,10H2,(H,15,16). The number of benzene rings is 1. The molecule has 1 aromatic heterocycles. The van der Waals surface area contributed by atoms with Crippen molar-refractivity contribution in [1.29, 1.82) is 0 Å². The Morgan fingerprint density at radius 1 is 1.50 bits per heavy atom. The molecule has 0 amide bonds. The first-order valence-electron chi connectivity index (χ1n) is 4.36. The van der Waals surface area contributed by atoms with Crippen LogP contribution < -0.4 is 11.3 Å². The molecule has 7 heteroatoms. The normalized spacial score (nSPS) is 10.2. The predicted molar refractivity (Wildman–Crippen MR) is 55.6 cm³/mol. The lowest BCUT2D eigenvalue weighted by molar-refractivity contribution is 0.0689. The zero-order valence-corrected chi connectivity index (χ0v) is 8.04. The molecule has 4 N–H and O–H groups in total. The van der Waals surface area contributed by atoms with Crippen LogP contribution in [0.1, 0.15) is 10.5 Å². The first kappa shape index (κ1) is 9.97. The van der Waals surface area contributed by atoms with Crippen molar-refractivity contribution in [3.05, 3.63) is 40.3 Å². The lowest BCUT2D eigenvalue weighted by Crippen LogP contribution is -2.20. The van der Waals surface area contributed by atoms with E-state index in [1.165, 1.54) is 6.07 Å². The van der Waals surface area contributed by atoms with Gasteiger partial charge in [-0.15, -0.1) is 5.10 Å². The minimum atomic E-state index is -1.37. The van der Waals surface area contributed by atoms with E-state index < -0.39 is 17.2 Å². The summed E-state index contributed by atoms with van der Waals surface area (Å²) >= 11 is 0. The van der Waals surface area contributed by atoms with Gasteiger partial charge in [-0.1, -0.05) is 6.07 Å². The number of nitrogens with zero attached hydrogens (tertiary/aromatic N) is 2. The topological polar surface area (TPSA) is 114 Å². The summed E-state index contributed by atoms with van der Waals surface area (Å²) < 4.78 is 1.01. The van der Waals surface area contributed by atoms with Crippen LogP contribution in [0.2, 0.25) is 0 Å². The number of carbonyl (C=O) groups is 1. The quantitative estimate of drug-likeness (QED) is 0.608. The highest BCUT2D eigenvalue weighted by molar-refractivity contribution is 5.84. The minimum Gasteiger partial charge on any atom is -0.476 e. The summed E-state index contributed by atoms with van der Waals surface area (Å²) in [5.74, 6) is -1.37. The zero-order valence-electron chi connectivity index (χ0n) is 8.04. The van der Waals surface area contributed by atoms with Gasteiger partial charge in [-0.3, -0.25) is 4.79 Å². The first-order chi connectivity index (χ1) is 7.59. The Bertz CT molecular complexity index is 599. The van der Waals surface area contributed by atoms with Gasteiger partial charge in [0, 0.05) is 5.69 Å². The molecule has 0 atom stereocenters. The third kappa shape index (κ3) is 1.54. The van der Waals surface area contributed by atoms with Crippen molar-refractivity contribution in [2.75, 3.05) is 5.73 Å². The maximum absolute atomic E-state index is 11.6. The van der Waals surface area contributed by atoms with E-state index in [-0.39, 0.29) is 0 Å². The van der Waals surface area contributed by atoms with Gasteiger partial charge in [0.05, 0.1) is 5.69 Å². The minimum absolute atomic E-state index is 0.435. The summed E-state index contributed by atoms with van der Waals surface area (Å²) in [6.45, 7) is 0. The van der Waals surface area contributed by atoms with Gasteiger partial charge < -0.3 is 10.8 Å². The van der Waals surface area contributed by atoms with Crippen molar-refractivity contribution in [1.82, 2.24) is 15.0 Å². The largest absolute Gasteiger partial charge is 0.476 e. The molecule has 0 aliphatic carbocycles. The second kappa shape index (κ2) is 3.54. The van der Waals surface area contributed by atoms with Crippen LogP contribution in [0, 0.1) is 0 Å². The van der Waals surface area contributed by atoms with Crippen molar-refractivity contribution in [2.24, 2.45) is 0 Å². The molecule has 2 aromatic rings. The molecular weight excluding hydrogens is 212 g/mol. The molecule has 82 valence electrons. The number of carboxylic acids is 1. The highest BCUT2D eigenvalue weighted by Crippen LogP contribution is 2.08. The fourth-order valence-electron chi connectivity index (χ4n) is 1.28. The molecule has 0 fully saturated rings. The number of carboxylic acid groups (broad SMARTS) is 1. The Morgan fingerprint density at radius 2 is 2.25 bits per heavy atom. The number of H-pyrrole nitrogens is 1. The summed E-state index contributed by atoms with van der Waals surface area (Å²) in [4.78, 5) is 22.2. The van der Waals surface area contributed by atoms with Crippen molar-refractivity contribution >= 4 is 11.7 Å². The summed E-state index contributed by atoms with van der Waals surface area (Å²) in [5.41, 5.74) is 5.17. The molecule has 0 aliphatic rings. The van der Waals surface area contributed by atoms with Crippen LogP contribution >= 0.6 is 0 Å². The van der Waals surface area contributed by atoms with Crippen LogP contribution in [0.15, 0.2) is 29.1 Å². The van der Waals surface area contributed by atoms with Gasteiger partial charge in [-0.25, -0.2) is 14.7 Å². The molecule has 0 radical (unpaired) electrons. The van der Waals surface area contributed by atoms with Crippen molar-refractivity contribution in [2.45, 2.75) is 0 Å². The van der Waals surface area contributed by atoms with Crippen LogP contribution in [0.5, 0.6) is 0 Å². The summed E-state index contributed by atoms with van der Waals surface area (Å²) in [6, 6.07) is 6.45. The Labute approximate surface area is 89.1 Å². The predicted octanol–water partition coefficient (Wildman–Crippen LogP) is -0.159. The Balaban J connectivity index is 2.58. The fraction of sp³-hybridized carbons (Fsp3) is 0. The van der Waals surface area contributed by atoms with Crippen LogP contribution in [0.3, 0.4) is 0 Å². The zero-order chi connectivity index (χ0) is 11.7. The van der Waals surface area contributed by atoms with Crippen LogP contribution in [-0.2, 0) is 0 Å². The average Bonchev–Trinajstić information content (AvgIpc) is 2.60. The van der Waals surface area contributed by atoms with Gasteiger partial charge in [0.1, 0.15) is 0 Å². The molecule has 0 spiro atoms. The lowest BCUT2D eigenvalue weighted by Gasteiger charge is -2.00. The molecule has 1 heterocycles. The molecule has 7 nitrogen and oxygen atoms in total. The van der Waals surface area contributed by atoms with Crippen LogP contribution in [0.25, 0.3) is 5.69 Å². The number of hydrogen-bond donors (Lipinski definition) is 3. The monoisotopic (exact) mass is 220 g/mol. The molecule has 16 heavy (non-hydrogen) atoms. The molecule has 2 rings (SSSR count). The Hall–Kier alpha value is -2.57. The molecule has 1 aromatic carbocycles. The number of anilines is 1. The molecule has 0 bridgehead atoms. The van der Waals surface area contributed by atoms with Crippen LogP contribution in [0.4, 0.5) is 5.69 Å². The molecule has 0 saturated heterocycles. The number of nitrogens with one attached hydrogen (secondary N) is 1. The van der Waals surface area contributed by atoms with Gasteiger partial charge in [0.25, 0.3) is 0 Å². The van der Waals surface area contributed by atoms with Gasteiger partial charge in [0.2, 0.25) is 5.69 Å². The number of nitrogen functional groups attached to an aromatic ring is 1. The molecule has 0 aliphatic heterocycles.